The average molecular weight is 343 g/mol. The number of aliphatic hydroxyl groups is 2. The van der Waals surface area contributed by atoms with Crippen molar-refractivity contribution in [2.75, 3.05) is 26.2 Å². The molecular weight excluding hydrogens is 323 g/mol. The van der Waals surface area contributed by atoms with Gasteiger partial charge in [-0.1, -0.05) is 18.2 Å². The number of para-hydroxylation sites is 1. The van der Waals surface area contributed by atoms with Crippen LogP contribution in [0, 0.1) is 5.41 Å². The minimum atomic E-state index is -4.41. The molecule has 1 aromatic heterocycles. The van der Waals surface area contributed by atoms with Gasteiger partial charge in [0.25, 0.3) is 0 Å². The number of aliphatic hydroxyl groups excluding tert-OH is 2. The van der Waals surface area contributed by atoms with Crippen molar-refractivity contribution in [1.29, 1.82) is 0 Å². The van der Waals surface area contributed by atoms with Crippen LogP contribution in [0.4, 0.5) is 13.2 Å². The van der Waals surface area contributed by atoms with Crippen molar-refractivity contribution in [3.63, 3.8) is 0 Å². The number of furan rings is 1. The fraction of sp³-hybridized carbons (Fsp3) is 0.529. The molecule has 0 saturated carbocycles. The number of hydrogen-bond donors (Lipinski definition) is 2. The fourth-order valence-electron chi connectivity index (χ4n) is 3.20. The summed E-state index contributed by atoms with van der Waals surface area (Å²) in [6.45, 7) is -0.329. The van der Waals surface area contributed by atoms with Crippen LogP contribution in [0.25, 0.3) is 11.0 Å². The molecular formula is C17H20F3NO3. The van der Waals surface area contributed by atoms with Crippen molar-refractivity contribution >= 4 is 11.0 Å². The first-order chi connectivity index (χ1) is 11.3. The van der Waals surface area contributed by atoms with E-state index in [9.17, 15) is 23.4 Å². The first-order valence-electron chi connectivity index (χ1n) is 7.91. The topological polar surface area (TPSA) is 56.8 Å². The van der Waals surface area contributed by atoms with Gasteiger partial charge in [0, 0.05) is 11.9 Å². The molecule has 0 unspecified atom stereocenters. The zero-order valence-electron chi connectivity index (χ0n) is 13.1. The molecule has 2 aromatic rings. The van der Waals surface area contributed by atoms with Crippen LogP contribution < -0.4 is 0 Å². The number of β-amino-alcohol motifs (C(OH)–C–C–N with tert-alkyl or cyclic N) is 1. The molecule has 0 aliphatic carbocycles. The van der Waals surface area contributed by atoms with Gasteiger partial charge in [-0.05, 0) is 38.1 Å². The lowest BCUT2D eigenvalue weighted by atomic mass is 9.78. The monoisotopic (exact) mass is 343 g/mol. The Balaban J connectivity index is 1.63. The largest absolute Gasteiger partial charge is 0.458 e. The number of halogens is 3. The van der Waals surface area contributed by atoms with E-state index in [2.05, 4.69) is 0 Å². The average Bonchev–Trinajstić information content (AvgIpc) is 2.99. The van der Waals surface area contributed by atoms with Crippen LogP contribution in [0.5, 0.6) is 0 Å². The van der Waals surface area contributed by atoms with Crippen molar-refractivity contribution < 1.29 is 27.8 Å². The van der Waals surface area contributed by atoms with Crippen molar-refractivity contribution in [3.8, 4) is 0 Å². The molecule has 1 aliphatic heterocycles. The molecule has 1 saturated heterocycles. The fourth-order valence-corrected chi connectivity index (χ4v) is 3.20. The molecule has 0 radical (unpaired) electrons. The molecule has 0 amide bonds. The summed E-state index contributed by atoms with van der Waals surface area (Å²) in [5.41, 5.74) is -1.35. The van der Waals surface area contributed by atoms with Gasteiger partial charge < -0.3 is 19.5 Å². The number of benzene rings is 1. The second-order valence-electron chi connectivity index (χ2n) is 6.44. The van der Waals surface area contributed by atoms with Crippen molar-refractivity contribution in [2.24, 2.45) is 5.41 Å². The maximum absolute atomic E-state index is 13.1. The molecule has 0 bridgehead atoms. The standard InChI is InChI=1S/C17H20F3NO3/c18-17(19,20)16(11-22)5-7-21(8-6-16)10-13(23)15-9-12-3-1-2-4-14(12)24-15/h1-4,9,13,22-23H,5-8,10-11H2/t13-/m1/s1. The lowest BCUT2D eigenvalue weighted by Gasteiger charge is -2.42. The Morgan fingerprint density at radius 1 is 1.21 bits per heavy atom. The number of rotatable bonds is 4. The zero-order chi connectivity index (χ0) is 17.4. The van der Waals surface area contributed by atoms with Gasteiger partial charge in [-0.3, -0.25) is 0 Å². The van der Waals surface area contributed by atoms with Crippen LogP contribution in [0.15, 0.2) is 34.7 Å². The third-order valence-electron chi connectivity index (χ3n) is 4.92. The van der Waals surface area contributed by atoms with E-state index >= 15 is 0 Å². The van der Waals surface area contributed by atoms with E-state index < -0.39 is 24.3 Å². The quantitative estimate of drug-likeness (QED) is 0.896. The lowest BCUT2D eigenvalue weighted by molar-refractivity contribution is -0.249. The Bertz CT molecular complexity index is 657. The molecule has 1 aromatic carbocycles. The van der Waals surface area contributed by atoms with E-state index in [-0.39, 0.29) is 32.5 Å². The van der Waals surface area contributed by atoms with E-state index in [1.54, 1.807) is 17.0 Å². The molecule has 0 spiro atoms. The molecule has 2 heterocycles. The van der Waals surface area contributed by atoms with Crippen LogP contribution in [0.2, 0.25) is 0 Å². The maximum atomic E-state index is 13.1. The second kappa shape index (κ2) is 6.38. The summed E-state index contributed by atoms with van der Waals surface area (Å²) < 4.78 is 45.0. The summed E-state index contributed by atoms with van der Waals surface area (Å²) in [4.78, 5) is 1.78. The summed E-state index contributed by atoms with van der Waals surface area (Å²) in [6.07, 6.45) is -5.64. The normalized spacial score (nSPS) is 20.4. The molecule has 4 nitrogen and oxygen atoms in total. The van der Waals surface area contributed by atoms with E-state index in [1.165, 1.54) is 0 Å². The third-order valence-corrected chi connectivity index (χ3v) is 4.92. The van der Waals surface area contributed by atoms with Gasteiger partial charge in [0.05, 0.1) is 12.0 Å². The van der Waals surface area contributed by atoms with Crippen molar-refractivity contribution in [2.45, 2.75) is 25.1 Å². The molecule has 1 fully saturated rings. The van der Waals surface area contributed by atoms with Crippen molar-refractivity contribution in [3.05, 3.63) is 36.1 Å². The molecule has 132 valence electrons. The second-order valence-corrected chi connectivity index (χ2v) is 6.44. The van der Waals surface area contributed by atoms with Gasteiger partial charge in [-0.2, -0.15) is 13.2 Å². The molecule has 1 atom stereocenters. The predicted octanol–water partition coefficient (Wildman–Crippen LogP) is 3.10. The van der Waals surface area contributed by atoms with Crippen LogP contribution in [-0.2, 0) is 0 Å². The van der Waals surface area contributed by atoms with Crippen LogP contribution >= 0.6 is 0 Å². The molecule has 3 rings (SSSR count). The number of piperidine rings is 1. The Morgan fingerprint density at radius 3 is 2.46 bits per heavy atom. The highest BCUT2D eigenvalue weighted by Gasteiger charge is 2.55. The number of likely N-dealkylation sites (tertiary alicyclic amines) is 1. The number of alkyl halides is 3. The Morgan fingerprint density at radius 2 is 1.88 bits per heavy atom. The summed E-state index contributed by atoms with van der Waals surface area (Å²) in [5, 5.41) is 20.4. The van der Waals surface area contributed by atoms with Crippen LogP contribution in [0.3, 0.4) is 0 Å². The van der Waals surface area contributed by atoms with Gasteiger partial charge in [0.15, 0.2) is 0 Å². The summed E-state index contributed by atoms with van der Waals surface area (Å²) in [5.74, 6) is 0.408. The third kappa shape index (κ3) is 3.16. The molecule has 1 aliphatic rings. The zero-order valence-corrected chi connectivity index (χ0v) is 13.1. The van der Waals surface area contributed by atoms with Crippen LogP contribution in [0.1, 0.15) is 24.7 Å². The van der Waals surface area contributed by atoms with Gasteiger partial charge in [-0.15, -0.1) is 0 Å². The van der Waals surface area contributed by atoms with Gasteiger partial charge in [0.1, 0.15) is 17.4 Å². The Hall–Kier alpha value is -1.57. The summed E-state index contributed by atoms with van der Waals surface area (Å²) >= 11 is 0. The van der Waals surface area contributed by atoms with Crippen molar-refractivity contribution in [1.82, 2.24) is 4.90 Å². The Kier molecular flexibility index (Phi) is 4.59. The minimum Gasteiger partial charge on any atom is -0.458 e. The molecule has 24 heavy (non-hydrogen) atoms. The highest BCUT2D eigenvalue weighted by molar-refractivity contribution is 5.77. The summed E-state index contributed by atoms with van der Waals surface area (Å²) in [6, 6.07) is 9.11. The van der Waals surface area contributed by atoms with E-state index in [0.717, 1.165) is 5.39 Å². The van der Waals surface area contributed by atoms with E-state index in [1.807, 2.05) is 18.2 Å². The van der Waals surface area contributed by atoms with Crippen LogP contribution in [-0.4, -0.2) is 47.5 Å². The predicted molar refractivity (Wildman–Crippen MR) is 82.4 cm³/mol. The maximum Gasteiger partial charge on any atom is 0.396 e. The highest BCUT2D eigenvalue weighted by atomic mass is 19.4. The van der Waals surface area contributed by atoms with Gasteiger partial charge in [0.2, 0.25) is 0 Å². The van der Waals surface area contributed by atoms with Gasteiger partial charge in [-0.25, -0.2) is 0 Å². The molecule has 7 heteroatoms. The van der Waals surface area contributed by atoms with E-state index in [4.69, 9.17) is 4.42 Å². The highest BCUT2D eigenvalue weighted by Crippen LogP contribution is 2.46. The van der Waals surface area contributed by atoms with Gasteiger partial charge >= 0.3 is 6.18 Å². The first-order valence-corrected chi connectivity index (χ1v) is 7.91. The number of hydrogen-bond acceptors (Lipinski definition) is 4. The SMILES string of the molecule is OCC1(C(F)(F)F)CCN(C[C@@H](O)c2cc3ccccc3o2)CC1. The minimum absolute atomic E-state index is 0.167. The van der Waals surface area contributed by atoms with E-state index in [0.29, 0.717) is 11.3 Å². The first kappa shape index (κ1) is 17.3. The lowest BCUT2D eigenvalue weighted by Crippen LogP contribution is -2.50. The summed E-state index contributed by atoms with van der Waals surface area (Å²) in [7, 11) is 0. The Labute approximate surface area is 137 Å². The smallest absolute Gasteiger partial charge is 0.396 e. The molecule has 2 N–H and O–H groups in total. The number of fused-ring (bicyclic) bond motifs is 1. The number of nitrogens with zero attached hydrogens (tertiary/aromatic N) is 1.